The number of hydrogen-bond acceptors (Lipinski definition) is 3. The van der Waals surface area contributed by atoms with Crippen LogP contribution in [0.2, 0.25) is 0 Å². The molecule has 0 aromatic carbocycles. The molecule has 0 aromatic heterocycles. The van der Waals surface area contributed by atoms with Gasteiger partial charge in [0.2, 0.25) is 17.7 Å². The van der Waals surface area contributed by atoms with Gasteiger partial charge in [0.25, 0.3) is 0 Å². The van der Waals surface area contributed by atoms with Gasteiger partial charge >= 0.3 is 0 Å². The molecule has 0 bridgehead atoms. The van der Waals surface area contributed by atoms with Crippen LogP contribution in [0.25, 0.3) is 0 Å². The number of carbonyl (C=O) groups is 3. The highest BCUT2D eigenvalue weighted by molar-refractivity contribution is 6.05. The van der Waals surface area contributed by atoms with Gasteiger partial charge in [0.1, 0.15) is 0 Å². The zero-order chi connectivity index (χ0) is 16.2. The van der Waals surface area contributed by atoms with Crippen LogP contribution in [0, 0.1) is 11.8 Å². The van der Waals surface area contributed by atoms with Crippen molar-refractivity contribution in [2.24, 2.45) is 11.8 Å². The van der Waals surface area contributed by atoms with Crippen molar-refractivity contribution < 1.29 is 14.4 Å². The molecule has 0 radical (unpaired) electrons. The molecular weight excluding hydrogens is 292 g/mol. The van der Waals surface area contributed by atoms with Gasteiger partial charge in [-0.15, -0.1) is 0 Å². The molecule has 3 fully saturated rings. The van der Waals surface area contributed by atoms with Gasteiger partial charge in [-0.05, 0) is 25.7 Å². The minimum absolute atomic E-state index is 0.0210. The Hall–Kier alpha value is -1.39. The van der Waals surface area contributed by atoms with Gasteiger partial charge in [-0.2, -0.15) is 0 Å². The van der Waals surface area contributed by atoms with Crippen LogP contribution >= 0.6 is 0 Å². The predicted molar refractivity (Wildman–Crippen MR) is 86.4 cm³/mol. The Balaban J connectivity index is 1.48. The largest absolute Gasteiger partial charge is 0.353 e. The van der Waals surface area contributed by atoms with Crippen LogP contribution in [0.15, 0.2) is 0 Å². The first-order chi connectivity index (χ1) is 11.2. The molecule has 1 aliphatic heterocycles. The summed E-state index contributed by atoms with van der Waals surface area (Å²) in [5, 5.41) is 3.09. The highest BCUT2D eigenvalue weighted by atomic mass is 16.2. The Morgan fingerprint density at radius 1 is 0.870 bits per heavy atom. The lowest BCUT2D eigenvalue weighted by Crippen LogP contribution is -2.38. The molecule has 0 aromatic rings. The lowest BCUT2D eigenvalue weighted by Gasteiger charge is -2.19. The van der Waals surface area contributed by atoms with E-state index in [0.717, 1.165) is 38.5 Å². The van der Waals surface area contributed by atoms with Crippen LogP contribution in [-0.2, 0) is 14.4 Å². The van der Waals surface area contributed by atoms with E-state index in [4.69, 9.17) is 0 Å². The van der Waals surface area contributed by atoms with Gasteiger partial charge < -0.3 is 5.32 Å². The maximum Gasteiger partial charge on any atom is 0.233 e. The molecule has 2 saturated carbocycles. The number of hydrogen-bond donors (Lipinski definition) is 1. The van der Waals surface area contributed by atoms with Crippen LogP contribution in [-0.4, -0.2) is 35.2 Å². The van der Waals surface area contributed by atoms with Crippen molar-refractivity contribution in [2.75, 3.05) is 6.54 Å². The van der Waals surface area contributed by atoms with Crippen molar-refractivity contribution in [3.05, 3.63) is 0 Å². The van der Waals surface area contributed by atoms with E-state index < -0.39 is 0 Å². The molecule has 128 valence electrons. The Bertz CT molecular complexity index is 445. The second-order valence-electron chi connectivity index (χ2n) is 7.33. The van der Waals surface area contributed by atoms with E-state index in [1.165, 1.54) is 30.6 Å². The minimum atomic E-state index is -0.110. The summed E-state index contributed by atoms with van der Waals surface area (Å²) in [5.74, 6) is -0.321. The van der Waals surface area contributed by atoms with Gasteiger partial charge in [0.05, 0.1) is 11.8 Å². The molecule has 2 atom stereocenters. The van der Waals surface area contributed by atoms with Gasteiger partial charge in [0.15, 0.2) is 0 Å². The van der Waals surface area contributed by atoms with Crippen LogP contribution < -0.4 is 5.32 Å². The topological polar surface area (TPSA) is 66.5 Å². The SMILES string of the molecule is O=C(CCN1C(=O)[C@@H]2CCCC[C@H]2C1=O)NC1CCCCCC1. The summed E-state index contributed by atoms with van der Waals surface area (Å²) in [5.41, 5.74) is 0. The summed E-state index contributed by atoms with van der Waals surface area (Å²) >= 11 is 0. The van der Waals surface area contributed by atoms with Crippen molar-refractivity contribution in [2.45, 2.75) is 76.7 Å². The number of imide groups is 1. The lowest BCUT2D eigenvalue weighted by atomic mass is 9.81. The quantitative estimate of drug-likeness (QED) is 0.639. The summed E-state index contributed by atoms with van der Waals surface area (Å²) in [6.45, 7) is 0.253. The zero-order valence-electron chi connectivity index (χ0n) is 13.9. The van der Waals surface area contributed by atoms with Crippen molar-refractivity contribution in [3.8, 4) is 0 Å². The van der Waals surface area contributed by atoms with Crippen LogP contribution in [0.4, 0.5) is 0 Å². The zero-order valence-corrected chi connectivity index (χ0v) is 13.9. The van der Waals surface area contributed by atoms with E-state index in [-0.39, 0.29) is 48.6 Å². The Morgan fingerprint density at radius 3 is 1.96 bits per heavy atom. The van der Waals surface area contributed by atoms with E-state index in [9.17, 15) is 14.4 Å². The van der Waals surface area contributed by atoms with Gasteiger partial charge in [-0.1, -0.05) is 38.5 Å². The van der Waals surface area contributed by atoms with Crippen molar-refractivity contribution >= 4 is 17.7 Å². The second kappa shape index (κ2) is 7.45. The number of amides is 3. The van der Waals surface area contributed by atoms with Crippen molar-refractivity contribution in [1.82, 2.24) is 10.2 Å². The molecule has 3 aliphatic rings. The molecule has 3 amide bonds. The van der Waals surface area contributed by atoms with Crippen molar-refractivity contribution in [1.29, 1.82) is 0 Å². The molecule has 0 unspecified atom stereocenters. The third-order valence-electron chi connectivity index (χ3n) is 5.72. The molecule has 3 rings (SSSR count). The first-order valence-corrected chi connectivity index (χ1v) is 9.31. The second-order valence-corrected chi connectivity index (χ2v) is 7.33. The molecule has 1 heterocycles. The average Bonchev–Trinajstić information content (AvgIpc) is 2.74. The molecule has 0 spiro atoms. The predicted octanol–water partition coefficient (Wildman–Crippen LogP) is 2.39. The van der Waals surface area contributed by atoms with Gasteiger partial charge in [-0.25, -0.2) is 0 Å². The maximum absolute atomic E-state index is 12.4. The van der Waals surface area contributed by atoms with E-state index >= 15 is 0 Å². The Morgan fingerprint density at radius 2 is 1.39 bits per heavy atom. The Labute approximate surface area is 138 Å². The van der Waals surface area contributed by atoms with E-state index in [1.807, 2.05) is 0 Å². The van der Waals surface area contributed by atoms with E-state index in [1.54, 1.807) is 0 Å². The molecule has 1 N–H and O–H groups in total. The number of nitrogens with zero attached hydrogens (tertiary/aromatic N) is 1. The molecule has 23 heavy (non-hydrogen) atoms. The van der Waals surface area contributed by atoms with E-state index in [2.05, 4.69) is 5.32 Å². The number of fused-ring (bicyclic) bond motifs is 1. The summed E-state index contributed by atoms with van der Waals surface area (Å²) in [6.07, 6.45) is 11.0. The minimum Gasteiger partial charge on any atom is -0.353 e. The fraction of sp³-hybridized carbons (Fsp3) is 0.833. The van der Waals surface area contributed by atoms with Crippen LogP contribution in [0.5, 0.6) is 0 Å². The average molecular weight is 320 g/mol. The summed E-state index contributed by atoms with van der Waals surface area (Å²) in [6, 6.07) is 0.276. The normalized spacial score (nSPS) is 29.3. The van der Waals surface area contributed by atoms with Gasteiger partial charge in [-0.3, -0.25) is 19.3 Å². The van der Waals surface area contributed by atoms with Gasteiger partial charge in [0, 0.05) is 19.0 Å². The smallest absolute Gasteiger partial charge is 0.233 e. The molecule has 5 nitrogen and oxygen atoms in total. The summed E-state index contributed by atoms with van der Waals surface area (Å²) < 4.78 is 0. The highest BCUT2D eigenvalue weighted by Gasteiger charge is 2.47. The highest BCUT2D eigenvalue weighted by Crippen LogP contribution is 2.37. The lowest BCUT2D eigenvalue weighted by molar-refractivity contribution is -0.140. The number of rotatable bonds is 4. The number of likely N-dealkylation sites (tertiary alicyclic amines) is 1. The monoisotopic (exact) mass is 320 g/mol. The summed E-state index contributed by atoms with van der Waals surface area (Å²) in [4.78, 5) is 38.2. The maximum atomic E-state index is 12.4. The Kier molecular flexibility index (Phi) is 5.34. The fourth-order valence-electron chi connectivity index (χ4n) is 4.39. The van der Waals surface area contributed by atoms with Crippen molar-refractivity contribution in [3.63, 3.8) is 0 Å². The van der Waals surface area contributed by atoms with Crippen LogP contribution in [0.1, 0.15) is 70.6 Å². The first kappa shape index (κ1) is 16.5. The molecule has 5 heteroatoms. The fourth-order valence-corrected chi connectivity index (χ4v) is 4.39. The molecular formula is C18H28N2O3. The summed E-state index contributed by atoms with van der Waals surface area (Å²) in [7, 11) is 0. The standard InChI is InChI=1S/C18H28N2O3/c21-16(19-13-7-3-1-2-4-8-13)11-12-20-17(22)14-9-5-6-10-15(14)18(20)23/h13-15H,1-12H2,(H,19,21)/t14-,15-/m1/s1. The molecule has 2 aliphatic carbocycles. The van der Waals surface area contributed by atoms with E-state index in [0.29, 0.717) is 0 Å². The van der Waals surface area contributed by atoms with Crippen LogP contribution in [0.3, 0.4) is 0 Å². The molecule has 1 saturated heterocycles. The number of carbonyl (C=O) groups excluding carboxylic acids is 3. The first-order valence-electron chi connectivity index (χ1n) is 9.31. The number of nitrogens with one attached hydrogen (secondary N) is 1. The third-order valence-corrected chi connectivity index (χ3v) is 5.72. The third kappa shape index (κ3) is 3.75.